The molecule has 0 atom stereocenters. The number of rotatable bonds is 1. The first-order chi connectivity index (χ1) is 5.15. The SMILES string of the molecule is N=Cc1c(N)[nH]c(=S)[nH]c1=O. The zero-order chi connectivity index (χ0) is 8.43. The van der Waals surface area contributed by atoms with Gasteiger partial charge in [-0.1, -0.05) is 0 Å². The van der Waals surface area contributed by atoms with Crippen LogP contribution in [0.4, 0.5) is 5.82 Å². The third-order valence-electron chi connectivity index (χ3n) is 1.15. The van der Waals surface area contributed by atoms with Gasteiger partial charge in [-0.3, -0.25) is 9.78 Å². The van der Waals surface area contributed by atoms with E-state index in [9.17, 15) is 4.79 Å². The highest BCUT2D eigenvalue weighted by molar-refractivity contribution is 7.71. The van der Waals surface area contributed by atoms with Crippen LogP contribution in [-0.2, 0) is 0 Å². The van der Waals surface area contributed by atoms with Gasteiger partial charge >= 0.3 is 0 Å². The molecule has 0 aliphatic heterocycles. The van der Waals surface area contributed by atoms with E-state index in [0.29, 0.717) is 0 Å². The molecule has 0 amide bonds. The number of aromatic nitrogens is 2. The van der Waals surface area contributed by atoms with Crippen molar-refractivity contribution in [3.8, 4) is 0 Å². The summed E-state index contributed by atoms with van der Waals surface area (Å²) < 4.78 is 0.165. The van der Waals surface area contributed by atoms with E-state index in [1.807, 2.05) is 0 Å². The molecule has 0 spiro atoms. The van der Waals surface area contributed by atoms with E-state index < -0.39 is 5.56 Å². The molecule has 0 aliphatic carbocycles. The lowest BCUT2D eigenvalue weighted by molar-refractivity contribution is 1.09. The number of aromatic amines is 2. The van der Waals surface area contributed by atoms with Crippen LogP contribution in [0.2, 0.25) is 0 Å². The summed E-state index contributed by atoms with van der Waals surface area (Å²) in [6, 6.07) is 0. The molecular formula is C5H6N4OS. The molecule has 0 bridgehead atoms. The van der Waals surface area contributed by atoms with E-state index >= 15 is 0 Å². The maximum Gasteiger partial charge on any atom is 0.262 e. The van der Waals surface area contributed by atoms with Gasteiger partial charge in [0.2, 0.25) is 0 Å². The van der Waals surface area contributed by atoms with Crippen LogP contribution in [0.15, 0.2) is 4.79 Å². The minimum atomic E-state index is -0.443. The minimum absolute atomic E-state index is 0.0959. The molecular weight excluding hydrogens is 164 g/mol. The summed E-state index contributed by atoms with van der Waals surface area (Å²) in [5.41, 5.74) is 4.99. The Bertz CT molecular complexity index is 390. The lowest BCUT2D eigenvalue weighted by atomic mass is 10.3. The molecule has 1 aromatic heterocycles. The van der Waals surface area contributed by atoms with Gasteiger partial charge in [-0.25, -0.2) is 0 Å². The van der Waals surface area contributed by atoms with Gasteiger partial charge < -0.3 is 16.1 Å². The van der Waals surface area contributed by atoms with Crippen molar-refractivity contribution in [1.82, 2.24) is 9.97 Å². The van der Waals surface area contributed by atoms with Crippen LogP contribution in [0.1, 0.15) is 5.56 Å². The van der Waals surface area contributed by atoms with E-state index in [0.717, 1.165) is 6.21 Å². The van der Waals surface area contributed by atoms with E-state index in [2.05, 4.69) is 22.2 Å². The molecule has 0 aromatic carbocycles. The Kier molecular flexibility index (Phi) is 1.86. The molecule has 5 N–H and O–H groups in total. The van der Waals surface area contributed by atoms with Gasteiger partial charge in [0.1, 0.15) is 5.82 Å². The van der Waals surface area contributed by atoms with Crippen LogP contribution in [0.5, 0.6) is 0 Å². The number of hydrogen-bond acceptors (Lipinski definition) is 4. The zero-order valence-electron chi connectivity index (χ0n) is 5.47. The fourth-order valence-corrected chi connectivity index (χ4v) is 0.860. The van der Waals surface area contributed by atoms with Gasteiger partial charge in [0.15, 0.2) is 4.77 Å². The number of H-pyrrole nitrogens is 2. The average molecular weight is 170 g/mol. The van der Waals surface area contributed by atoms with E-state index in [4.69, 9.17) is 11.1 Å². The summed E-state index contributed by atoms with van der Waals surface area (Å²) in [5, 5.41) is 6.82. The lowest BCUT2D eigenvalue weighted by Crippen LogP contribution is -2.16. The molecule has 0 saturated heterocycles. The summed E-state index contributed by atoms with van der Waals surface area (Å²) >= 11 is 4.63. The van der Waals surface area contributed by atoms with Crippen LogP contribution in [0, 0.1) is 10.2 Å². The third-order valence-corrected chi connectivity index (χ3v) is 1.36. The van der Waals surface area contributed by atoms with Crippen molar-refractivity contribution in [3.05, 3.63) is 20.7 Å². The lowest BCUT2D eigenvalue weighted by Gasteiger charge is -1.95. The van der Waals surface area contributed by atoms with Crippen molar-refractivity contribution in [2.24, 2.45) is 0 Å². The standard InChI is InChI=1S/C5H6N4OS/c6-1-2-3(7)8-5(11)9-4(2)10/h1,6H,(H4,7,8,9,10,11). The number of hydrogen-bond donors (Lipinski definition) is 4. The molecule has 0 fully saturated rings. The van der Waals surface area contributed by atoms with E-state index in [1.54, 1.807) is 0 Å². The topological polar surface area (TPSA) is 98.5 Å². The van der Waals surface area contributed by atoms with Gasteiger partial charge in [-0.15, -0.1) is 0 Å². The maximum atomic E-state index is 10.9. The summed E-state index contributed by atoms with van der Waals surface area (Å²) in [5.74, 6) is 0.119. The Hall–Kier alpha value is -1.43. The smallest absolute Gasteiger partial charge is 0.262 e. The van der Waals surface area contributed by atoms with Crippen LogP contribution >= 0.6 is 12.2 Å². The fraction of sp³-hybridized carbons (Fsp3) is 0. The largest absolute Gasteiger partial charge is 0.384 e. The minimum Gasteiger partial charge on any atom is -0.384 e. The molecule has 6 heteroatoms. The zero-order valence-corrected chi connectivity index (χ0v) is 6.29. The monoisotopic (exact) mass is 170 g/mol. The first-order valence-corrected chi connectivity index (χ1v) is 3.18. The second-order valence-electron chi connectivity index (χ2n) is 1.88. The van der Waals surface area contributed by atoms with Crippen LogP contribution in [-0.4, -0.2) is 16.2 Å². The van der Waals surface area contributed by atoms with Gasteiger partial charge in [-0.05, 0) is 12.2 Å². The van der Waals surface area contributed by atoms with Gasteiger partial charge in [0, 0.05) is 6.21 Å². The van der Waals surface area contributed by atoms with Crippen LogP contribution < -0.4 is 11.3 Å². The van der Waals surface area contributed by atoms with Crippen LogP contribution in [0.25, 0.3) is 0 Å². The molecule has 0 unspecified atom stereocenters. The fourth-order valence-electron chi connectivity index (χ4n) is 0.657. The Labute approximate surface area is 66.8 Å². The quantitative estimate of drug-likeness (QED) is 0.353. The Balaban J connectivity index is 3.62. The molecule has 5 nitrogen and oxygen atoms in total. The Morgan fingerprint density at radius 3 is 2.64 bits per heavy atom. The van der Waals surface area contributed by atoms with E-state index in [1.165, 1.54) is 0 Å². The predicted molar refractivity (Wildman–Crippen MR) is 44.5 cm³/mol. The van der Waals surface area contributed by atoms with Gasteiger partial charge in [0.25, 0.3) is 5.56 Å². The van der Waals surface area contributed by atoms with Crippen molar-refractivity contribution in [1.29, 1.82) is 5.41 Å². The number of nitrogens with one attached hydrogen (secondary N) is 3. The van der Waals surface area contributed by atoms with Gasteiger partial charge in [0.05, 0.1) is 5.56 Å². The summed E-state index contributed by atoms with van der Waals surface area (Å²) in [6.07, 6.45) is 0.874. The molecule has 11 heavy (non-hydrogen) atoms. The molecule has 1 rings (SSSR count). The highest BCUT2D eigenvalue weighted by Crippen LogP contribution is 1.95. The van der Waals surface area contributed by atoms with E-state index in [-0.39, 0.29) is 16.2 Å². The highest BCUT2D eigenvalue weighted by Gasteiger charge is 1.99. The summed E-state index contributed by atoms with van der Waals surface area (Å²) in [6.45, 7) is 0. The first-order valence-electron chi connectivity index (χ1n) is 2.77. The average Bonchev–Trinajstić information content (AvgIpc) is 1.85. The van der Waals surface area contributed by atoms with Crippen molar-refractivity contribution >= 4 is 24.3 Å². The maximum absolute atomic E-state index is 10.9. The Morgan fingerprint density at radius 2 is 2.18 bits per heavy atom. The molecule has 0 saturated carbocycles. The molecule has 1 aromatic rings. The van der Waals surface area contributed by atoms with Crippen LogP contribution in [0.3, 0.4) is 0 Å². The predicted octanol–water partition coefficient (Wildman–Crippen LogP) is 0.0124. The van der Waals surface area contributed by atoms with Crippen molar-refractivity contribution < 1.29 is 0 Å². The molecule has 0 radical (unpaired) electrons. The number of nitrogens with two attached hydrogens (primary N) is 1. The Morgan fingerprint density at radius 1 is 1.55 bits per heavy atom. The first kappa shape index (κ1) is 7.67. The molecule has 58 valence electrons. The van der Waals surface area contributed by atoms with Crippen molar-refractivity contribution in [3.63, 3.8) is 0 Å². The van der Waals surface area contributed by atoms with Crippen molar-refractivity contribution in [2.45, 2.75) is 0 Å². The van der Waals surface area contributed by atoms with Crippen molar-refractivity contribution in [2.75, 3.05) is 5.73 Å². The highest BCUT2D eigenvalue weighted by atomic mass is 32.1. The second kappa shape index (κ2) is 2.67. The second-order valence-corrected chi connectivity index (χ2v) is 2.29. The summed E-state index contributed by atoms with van der Waals surface area (Å²) in [7, 11) is 0. The normalized spacial score (nSPS) is 9.45. The summed E-state index contributed by atoms with van der Waals surface area (Å²) in [4.78, 5) is 15.7. The van der Waals surface area contributed by atoms with Gasteiger partial charge in [-0.2, -0.15) is 0 Å². The number of nitrogen functional groups attached to an aromatic ring is 1. The molecule has 0 aliphatic rings. The molecule has 1 heterocycles. The number of anilines is 1. The third kappa shape index (κ3) is 1.35.